The maximum Gasteiger partial charge on any atom is 0.289 e. The number of furan rings is 1. The molecule has 0 N–H and O–H groups in total. The lowest BCUT2D eigenvalue weighted by atomic mass is 10.2. The Morgan fingerprint density at radius 3 is 2.74 bits per heavy atom. The Labute approximate surface area is 201 Å². The van der Waals surface area contributed by atoms with E-state index in [1.165, 1.54) is 5.56 Å². The number of carbonyl (C=O) groups is 1. The monoisotopic (exact) mass is 471 g/mol. The zero-order chi connectivity index (χ0) is 23.2. The molecular formula is C26H25N5O2S. The topological polar surface area (TPSA) is 67.4 Å². The highest BCUT2D eigenvalue weighted by Gasteiger charge is 2.25. The van der Waals surface area contributed by atoms with E-state index >= 15 is 0 Å². The fourth-order valence-corrected chi connectivity index (χ4v) is 5.59. The molecule has 0 spiro atoms. The maximum atomic E-state index is 13.1. The number of nitrogens with zero attached hydrogens (tertiary/aromatic N) is 5. The molecule has 4 heterocycles. The van der Waals surface area contributed by atoms with Gasteiger partial charge in [0.25, 0.3) is 5.91 Å². The molecule has 7 nitrogen and oxygen atoms in total. The highest BCUT2D eigenvalue weighted by Crippen LogP contribution is 2.33. The Balaban J connectivity index is 1.23. The molecule has 1 saturated heterocycles. The molecule has 1 aliphatic heterocycles. The van der Waals surface area contributed by atoms with Crippen molar-refractivity contribution in [2.24, 2.45) is 0 Å². The predicted octanol–water partition coefficient (Wildman–Crippen LogP) is 5.20. The van der Waals surface area contributed by atoms with Crippen molar-refractivity contribution in [3.63, 3.8) is 0 Å². The Morgan fingerprint density at radius 1 is 1.00 bits per heavy atom. The SMILES string of the molecule is Cc1cccc(-n2nc(C)c3sc(N4CCCN(C(=O)c5cc6ccccc6o5)CC4)nc32)c1. The third-order valence-electron chi connectivity index (χ3n) is 6.31. The van der Waals surface area contributed by atoms with Crippen LogP contribution in [0.25, 0.3) is 27.0 Å². The average molecular weight is 472 g/mol. The van der Waals surface area contributed by atoms with E-state index in [1.807, 2.05) is 52.9 Å². The summed E-state index contributed by atoms with van der Waals surface area (Å²) in [5.41, 5.74) is 4.83. The molecule has 1 fully saturated rings. The summed E-state index contributed by atoms with van der Waals surface area (Å²) < 4.78 is 8.86. The molecule has 0 atom stereocenters. The van der Waals surface area contributed by atoms with E-state index in [1.54, 1.807) is 11.3 Å². The fourth-order valence-electron chi connectivity index (χ4n) is 4.55. The van der Waals surface area contributed by atoms with Gasteiger partial charge < -0.3 is 14.2 Å². The summed E-state index contributed by atoms with van der Waals surface area (Å²) >= 11 is 1.68. The first kappa shape index (κ1) is 20.9. The number of benzene rings is 2. The lowest BCUT2D eigenvalue weighted by molar-refractivity contribution is 0.0737. The van der Waals surface area contributed by atoms with Gasteiger partial charge in [0.15, 0.2) is 16.5 Å². The van der Waals surface area contributed by atoms with E-state index < -0.39 is 0 Å². The number of fused-ring (bicyclic) bond motifs is 2. The van der Waals surface area contributed by atoms with E-state index in [0.29, 0.717) is 18.8 Å². The number of para-hydroxylation sites is 1. The van der Waals surface area contributed by atoms with Crippen LogP contribution >= 0.6 is 11.3 Å². The number of carbonyl (C=O) groups excluding carboxylic acids is 1. The lowest BCUT2D eigenvalue weighted by Gasteiger charge is -2.20. The zero-order valence-electron chi connectivity index (χ0n) is 19.2. The average Bonchev–Trinajstić information content (AvgIpc) is 3.48. The van der Waals surface area contributed by atoms with Crippen molar-refractivity contribution in [3.05, 3.63) is 71.6 Å². The van der Waals surface area contributed by atoms with Crippen LogP contribution in [0, 0.1) is 13.8 Å². The minimum Gasteiger partial charge on any atom is -0.451 e. The van der Waals surface area contributed by atoms with E-state index in [4.69, 9.17) is 14.5 Å². The fraction of sp³-hybridized carbons (Fsp3) is 0.269. The van der Waals surface area contributed by atoms with Gasteiger partial charge in [-0.2, -0.15) is 10.1 Å². The molecule has 0 aliphatic carbocycles. The van der Waals surface area contributed by atoms with Gasteiger partial charge >= 0.3 is 0 Å². The summed E-state index contributed by atoms with van der Waals surface area (Å²) in [7, 11) is 0. The van der Waals surface area contributed by atoms with E-state index in [9.17, 15) is 4.79 Å². The van der Waals surface area contributed by atoms with Gasteiger partial charge in [-0.3, -0.25) is 4.79 Å². The van der Waals surface area contributed by atoms with Crippen LogP contribution in [0.2, 0.25) is 0 Å². The number of thiazole rings is 1. The Morgan fingerprint density at radius 2 is 1.88 bits per heavy atom. The number of hydrogen-bond acceptors (Lipinski definition) is 6. The van der Waals surface area contributed by atoms with E-state index in [-0.39, 0.29) is 5.91 Å². The van der Waals surface area contributed by atoms with Crippen LogP contribution in [0.3, 0.4) is 0 Å². The quantitative estimate of drug-likeness (QED) is 0.362. The van der Waals surface area contributed by atoms with Crippen molar-refractivity contribution >= 4 is 43.7 Å². The Kier molecular flexibility index (Phi) is 5.10. The number of rotatable bonds is 3. The van der Waals surface area contributed by atoms with Gasteiger partial charge in [-0.1, -0.05) is 41.7 Å². The zero-order valence-corrected chi connectivity index (χ0v) is 20.0. The van der Waals surface area contributed by atoms with Gasteiger partial charge in [-0.05, 0) is 50.1 Å². The summed E-state index contributed by atoms with van der Waals surface area (Å²) in [6.45, 7) is 7.05. The molecule has 1 amide bonds. The van der Waals surface area contributed by atoms with Crippen molar-refractivity contribution < 1.29 is 9.21 Å². The van der Waals surface area contributed by atoms with Crippen molar-refractivity contribution in [3.8, 4) is 5.69 Å². The molecule has 0 radical (unpaired) electrons. The summed E-state index contributed by atoms with van der Waals surface area (Å²) in [5.74, 6) is 0.358. The standard InChI is InChI=1S/C26H25N5O2S/c1-17-7-5-9-20(15-17)31-24-23(18(2)28-31)34-26(27-24)30-12-6-11-29(13-14-30)25(32)22-16-19-8-3-4-10-21(19)33-22/h3-5,7-10,15-16H,6,11-14H2,1-2H3. The minimum atomic E-state index is -0.0479. The Bertz CT molecular complexity index is 1480. The summed E-state index contributed by atoms with van der Waals surface area (Å²) in [6.07, 6.45) is 0.880. The molecule has 0 bridgehead atoms. The van der Waals surface area contributed by atoms with E-state index in [0.717, 1.165) is 57.3 Å². The molecule has 0 unspecified atom stereocenters. The first-order valence-corrected chi connectivity index (χ1v) is 12.3. The van der Waals surface area contributed by atoms with Gasteiger partial charge in [0.2, 0.25) is 0 Å². The molecule has 2 aromatic carbocycles. The number of anilines is 1. The predicted molar refractivity (Wildman–Crippen MR) is 135 cm³/mol. The first-order chi connectivity index (χ1) is 16.6. The number of aromatic nitrogens is 3. The van der Waals surface area contributed by atoms with Gasteiger partial charge in [0.05, 0.1) is 16.1 Å². The van der Waals surface area contributed by atoms with Crippen LogP contribution in [-0.2, 0) is 0 Å². The smallest absolute Gasteiger partial charge is 0.289 e. The molecule has 172 valence electrons. The molecule has 0 saturated carbocycles. The van der Waals surface area contributed by atoms with E-state index in [2.05, 4.69) is 30.0 Å². The first-order valence-electron chi connectivity index (χ1n) is 11.5. The van der Waals surface area contributed by atoms with Gasteiger partial charge in [0.1, 0.15) is 5.58 Å². The summed E-state index contributed by atoms with van der Waals surface area (Å²) in [4.78, 5) is 22.3. The number of aryl methyl sites for hydroxylation is 2. The minimum absolute atomic E-state index is 0.0479. The van der Waals surface area contributed by atoms with Crippen molar-refractivity contribution in [2.45, 2.75) is 20.3 Å². The van der Waals surface area contributed by atoms with Crippen molar-refractivity contribution in [2.75, 3.05) is 31.1 Å². The molecule has 6 rings (SSSR count). The molecule has 3 aromatic heterocycles. The van der Waals surface area contributed by atoms with Crippen LogP contribution in [-0.4, -0.2) is 51.8 Å². The van der Waals surface area contributed by atoms with Crippen LogP contribution in [0.5, 0.6) is 0 Å². The molecule has 5 aromatic rings. The third-order valence-corrected chi connectivity index (χ3v) is 7.53. The summed E-state index contributed by atoms with van der Waals surface area (Å²) in [6, 6.07) is 17.9. The van der Waals surface area contributed by atoms with Gasteiger partial charge in [-0.25, -0.2) is 4.68 Å². The van der Waals surface area contributed by atoms with Crippen LogP contribution in [0.15, 0.2) is 59.0 Å². The van der Waals surface area contributed by atoms with Crippen LogP contribution < -0.4 is 4.90 Å². The third kappa shape index (κ3) is 3.64. The second-order valence-corrected chi connectivity index (χ2v) is 9.74. The normalized spacial score (nSPS) is 14.8. The molecule has 34 heavy (non-hydrogen) atoms. The van der Waals surface area contributed by atoms with Gasteiger partial charge in [0, 0.05) is 31.6 Å². The van der Waals surface area contributed by atoms with Crippen LogP contribution in [0.1, 0.15) is 28.2 Å². The second-order valence-electron chi connectivity index (χ2n) is 8.77. The second kappa shape index (κ2) is 8.29. The largest absolute Gasteiger partial charge is 0.451 e. The van der Waals surface area contributed by atoms with Crippen LogP contribution in [0.4, 0.5) is 5.13 Å². The maximum absolute atomic E-state index is 13.1. The van der Waals surface area contributed by atoms with Crippen molar-refractivity contribution in [1.29, 1.82) is 0 Å². The lowest BCUT2D eigenvalue weighted by Crippen LogP contribution is -2.35. The Hall–Kier alpha value is -3.65. The van der Waals surface area contributed by atoms with Crippen molar-refractivity contribution in [1.82, 2.24) is 19.7 Å². The highest BCUT2D eigenvalue weighted by molar-refractivity contribution is 7.22. The van der Waals surface area contributed by atoms with Gasteiger partial charge in [-0.15, -0.1) is 0 Å². The molecule has 8 heteroatoms. The number of hydrogen-bond donors (Lipinski definition) is 0. The number of amides is 1. The summed E-state index contributed by atoms with van der Waals surface area (Å²) in [5, 5.41) is 6.67. The molecule has 1 aliphatic rings. The molecular weight excluding hydrogens is 446 g/mol. The highest BCUT2D eigenvalue weighted by atomic mass is 32.1.